The van der Waals surface area contributed by atoms with Crippen LogP contribution in [-0.4, -0.2) is 369 Å². The number of carbonyl (C=O) groups excluding carboxylic acids is 11. The first-order valence-electron chi connectivity index (χ1n) is 41.7. The third-order valence-corrected chi connectivity index (χ3v) is 20.1. The molecule has 42 nitrogen and oxygen atoms in total. The van der Waals surface area contributed by atoms with Gasteiger partial charge in [-0.15, -0.1) is 0 Å². The van der Waals surface area contributed by atoms with Crippen molar-refractivity contribution in [3.8, 4) is 0 Å². The Balaban J connectivity index is 1.30. The average molecular weight is 1710 g/mol. The molecule has 0 aromatic carbocycles. The van der Waals surface area contributed by atoms with Crippen LogP contribution >= 0.6 is 0 Å². The fourth-order valence-electron chi connectivity index (χ4n) is 13.6. The van der Waals surface area contributed by atoms with Crippen molar-refractivity contribution in [3.63, 3.8) is 0 Å². The standard InChI is InChI=1S/C77H137N11O31/c1-49(92)84-65-71(107)68(104)54(42-89)117-74(65)114-34-14-11-20-57(96)78-28-17-31-81-60(99)25-37-111-46-77(87-63(102)23-9-7-5-6-8-10-24-64(103)88-41-53(95)40-52(88)45-110-4,47-112-38-26-61(100)82-32-18-29-79-58(97)21-12-15-35-115-75-66(85-50(2)93)72(108)69(105)55(43-90)118-75)48-113-39-27-62(101)83-33-19-30-80-59(98)22-13-16-36-116-76-67(86-51(3)94)73(109)70(106)56(44-91)119-76/h52-56,65-76,89-91,95,104-109H,5-48H2,1-4H3,(H,78,96)(H,79,97)(H,80,98)(H,81,99)(H,82,100)(H,83,101)(H,84,92)(H,85,93)(H,86,94)(H,87,102)/t52-,53+,54?,55?,56?,65?,66?,67?,68?,69?,70?,71?,72?,73?,74?,75?,76?,77?/m0/s1. The Hall–Kier alpha value is -6.63. The smallest absolute Gasteiger partial charge is 0.222 e. The van der Waals surface area contributed by atoms with Crippen molar-refractivity contribution in [2.45, 2.75) is 284 Å². The highest BCUT2D eigenvalue weighted by Crippen LogP contribution is 2.27. The van der Waals surface area contributed by atoms with Gasteiger partial charge in [0.25, 0.3) is 0 Å². The Morgan fingerprint density at radius 2 is 0.664 bits per heavy atom. The molecule has 0 bridgehead atoms. The number of amides is 11. The maximum absolute atomic E-state index is 14.0. The normalized spacial score (nSPS) is 25.4. The van der Waals surface area contributed by atoms with Gasteiger partial charge in [0.2, 0.25) is 65.0 Å². The molecule has 4 heterocycles. The van der Waals surface area contributed by atoms with Crippen molar-refractivity contribution < 1.29 is 151 Å². The van der Waals surface area contributed by atoms with Crippen LogP contribution in [0.25, 0.3) is 0 Å². The first-order valence-corrected chi connectivity index (χ1v) is 41.7. The summed E-state index contributed by atoms with van der Waals surface area (Å²) < 4.78 is 57.4. The van der Waals surface area contributed by atoms with Crippen molar-refractivity contribution in [1.82, 2.24) is 58.1 Å². The van der Waals surface area contributed by atoms with E-state index in [-0.39, 0.29) is 198 Å². The third kappa shape index (κ3) is 41.9. The van der Waals surface area contributed by atoms with Crippen molar-refractivity contribution >= 4 is 65.0 Å². The lowest BCUT2D eigenvalue weighted by atomic mass is 9.97. The Morgan fingerprint density at radius 3 is 0.975 bits per heavy atom. The van der Waals surface area contributed by atoms with Gasteiger partial charge in [0.15, 0.2) is 18.9 Å². The molecular weight excluding hydrogens is 1570 g/mol. The molecule has 11 amide bonds. The van der Waals surface area contributed by atoms with Crippen molar-refractivity contribution in [2.24, 2.45) is 0 Å². The second kappa shape index (κ2) is 60.0. The van der Waals surface area contributed by atoms with Crippen LogP contribution in [0.3, 0.4) is 0 Å². The average Bonchev–Trinajstić information content (AvgIpc) is 1.65. The molecule has 20 N–H and O–H groups in total. The summed E-state index contributed by atoms with van der Waals surface area (Å²) in [5, 5.41) is 129. The number of hydrogen-bond acceptors (Lipinski definition) is 31. The molecule has 4 fully saturated rings. The second-order valence-corrected chi connectivity index (χ2v) is 30.3. The van der Waals surface area contributed by atoms with Gasteiger partial charge in [-0.3, -0.25) is 52.7 Å². The summed E-state index contributed by atoms with van der Waals surface area (Å²) in [7, 11) is 1.56. The number of ether oxygens (including phenoxy) is 10. The van der Waals surface area contributed by atoms with Gasteiger partial charge in [-0.2, -0.15) is 0 Å². The summed E-state index contributed by atoms with van der Waals surface area (Å²) in [6, 6.07) is -3.47. The number of unbranched alkanes of at least 4 members (excludes halogenated alkanes) is 8. The van der Waals surface area contributed by atoms with Gasteiger partial charge in [0.05, 0.1) is 78.2 Å². The van der Waals surface area contributed by atoms with Crippen LogP contribution < -0.4 is 53.2 Å². The molecular formula is C77H137N11O31. The van der Waals surface area contributed by atoms with E-state index in [1.807, 2.05) is 0 Å². The molecule has 0 aliphatic carbocycles. The zero-order valence-corrected chi connectivity index (χ0v) is 69.4. The lowest BCUT2D eigenvalue weighted by molar-refractivity contribution is -0.270. The number of nitrogens with zero attached hydrogens (tertiary/aromatic N) is 1. The molecule has 42 heteroatoms. The van der Waals surface area contributed by atoms with Crippen LogP contribution in [-0.2, 0) is 100 Å². The van der Waals surface area contributed by atoms with E-state index in [2.05, 4.69) is 53.2 Å². The predicted octanol–water partition coefficient (Wildman–Crippen LogP) is -5.95. The highest BCUT2D eigenvalue weighted by atomic mass is 16.7. The van der Waals surface area contributed by atoms with E-state index < -0.39 is 147 Å². The number of hydrogen-bond donors (Lipinski definition) is 20. The van der Waals surface area contributed by atoms with Crippen LogP contribution in [0, 0.1) is 0 Å². The molecule has 0 spiro atoms. The van der Waals surface area contributed by atoms with Crippen LogP contribution in [0.1, 0.15) is 175 Å². The number of rotatable bonds is 63. The zero-order valence-electron chi connectivity index (χ0n) is 69.4. The van der Waals surface area contributed by atoms with Crippen molar-refractivity contribution in [2.75, 3.05) is 139 Å². The van der Waals surface area contributed by atoms with Crippen LogP contribution in [0.4, 0.5) is 0 Å². The molecule has 4 saturated heterocycles. The quantitative estimate of drug-likeness (QED) is 0.0252. The van der Waals surface area contributed by atoms with E-state index in [1.165, 1.54) is 20.8 Å². The minimum Gasteiger partial charge on any atom is -0.394 e. The van der Waals surface area contributed by atoms with Gasteiger partial charge in [-0.1, -0.05) is 25.7 Å². The van der Waals surface area contributed by atoms with Crippen molar-refractivity contribution in [1.29, 1.82) is 0 Å². The minimum atomic E-state index is -1.47. The lowest BCUT2D eigenvalue weighted by Gasteiger charge is -2.42. The summed E-state index contributed by atoms with van der Waals surface area (Å²) in [4.78, 5) is 141. The van der Waals surface area contributed by atoms with Gasteiger partial charge in [-0.05, 0) is 77.0 Å². The molecule has 0 saturated carbocycles. The van der Waals surface area contributed by atoms with E-state index in [0.717, 1.165) is 19.3 Å². The minimum absolute atomic E-state index is 0.0330. The monoisotopic (exact) mass is 1710 g/mol. The van der Waals surface area contributed by atoms with Crippen LogP contribution in [0.5, 0.6) is 0 Å². The highest BCUT2D eigenvalue weighted by Gasteiger charge is 2.48. The fourth-order valence-corrected chi connectivity index (χ4v) is 13.6. The molecule has 15 unspecified atom stereocenters. The largest absolute Gasteiger partial charge is 0.394 e. The number of β-amino-alcohol motifs (C(OH)–C–C–N with tert-alkyl or cyclic N) is 1. The van der Waals surface area contributed by atoms with E-state index >= 15 is 0 Å². The number of aliphatic hydroxyl groups is 10. The summed E-state index contributed by atoms with van der Waals surface area (Å²) in [6.07, 6.45) is -7.69. The number of carbonyl (C=O) groups is 11. The highest BCUT2D eigenvalue weighted by molar-refractivity contribution is 5.79. The summed E-state index contributed by atoms with van der Waals surface area (Å²) in [5.41, 5.74) is -1.45. The SMILES string of the molecule is COC[C@@H]1C[C@@H](O)CN1C(=O)CCCCCCCCC(=O)NC(COCCC(=O)NCCCNC(=O)CCCCOC1OC(CO)C(O)C(O)C1NC(C)=O)(COCCC(=O)NCCCNC(=O)CCCCOC1OC(CO)C(O)C(O)C1NC(C)=O)COCCC(=O)NCCCNC(=O)CCCCOC1OC(CO)C(O)C(O)C1NC(C)=O. The second-order valence-electron chi connectivity index (χ2n) is 30.3. The van der Waals surface area contributed by atoms with Crippen LogP contribution in [0.2, 0.25) is 0 Å². The number of aliphatic hydroxyl groups excluding tert-OH is 10. The van der Waals surface area contributed by atoms with Gasteiger partial charge in [-0.25, -0.2) is 0 Å². The lowest BCUT2D eigenvalue weighted by Crippen LogP contribution is -2.64. The molecule has 119 heavy (non-hydrogen) atoms. The Kier molecular flexibility index (Phi) is 52.8. The Morgan fingerprint density at radius 1 is 0.370 bits per heavy atom. The van der Waals surface area contributed by atoms with E-state index in [4.69, 9.17) is 47.4 Å². The molecule has 4 rings (SSSR count). The maximum atomic E-state index is 14.0. The summed E-state index contributed by atoms with van der Waals surface area (Å²) in [5.74, 6) is -3.83. The molecule has 4 aliphatic rings. The molecule has 686 valence electrons. The number of likely N-dealkylation sites (tertiary alicyclic amines) is 1. The van der Waals surface area contributed by atoms with E-state index in [9.17, 15) is 104 Å². The van der Waals surface area contributed by atoms with Gasteiger partial charge in [0.1, 0.15) is 78.6 Å². The number of nitrogens with one attached hydrogen (secondary N) is 10. The first kappa shape index (κ1) is 105. The molecule has 0 aromatic rings. The molecule has 4 aliphatic heterocycles. The summed E-state index contributed by atoms with van der Waals surface area (Å²) >= 11 is 0. The first-order chi connectivity index (χ1) is 57.0. The molecule has 17 atom stereocenters. The summed E-state index contributed by atoms with van der Waals surface area (Å²) in [6.45, 7) is 2.82. The maximum Gasteiger partial charge on any atom is 0.222 e. The van der Waals surface area contributed by atoms with E-state index in [1.54, 1.807) is 12.0 Å². The van der Waals surface area contributed by atoms with Crippen LogP contribution in [0.15, 0.2) is 0 Å². The topological polar surface area (TPSA) is 606 Å². The fraction of sp³-hybridized carbons (Fsp3) is 0.857. The zero-order chi connectivity index (χ0) is 87.5. The molecule has 0 aromatic heterocycles. The van der Waals surface area contributed by atoms with Gasteiger partial charge < -0.3 is 157 Å². The predicted molar refractivity (Wildman–Crippen MR) is 420 cm³/mol. The Labute approximate surface area is 695 Å². The Bertz CT molecular complexity index is 2730. The number of methoxy groups -OCH3 is 1. The van der Waals surface area contributed by atoms with Gasteiger partial charge in [0, 0.05) is 145 Å². The van der Waals surface area contributed by atoms with Gasteiger partial charge >= 0.3 is 0 Å². The molecule has 0 radical (unpaired) electrons. The van der Waals surface area contributed by atoms with E-state index in [0.29, 0.717) is 96.5 Å². The van der Waals surface area contributed by atoms with Crippen molar-refractivity contribution in [3.05, 3.63) is 0 Å². The third-order valence-electron chi connectivity index (χ3n) is 20.1.